The van der Waals surface area contributed by atoms with E-state index in [0.29, 0.717) is 0 Å². The number of ether oxygens (including phenoxy) is 1. The molecule has 3 nitrogen and oxygen atoms in total. The van der Waals surface area contributed by atoms with Gasteiger partial charge >= 0.3 is 0 Å². The summed E-state index contributed by atoms with van der Waals surface area (Å²) in [7, 11) is 0. The zero-order chi connectivity index (χ0) is 6.10. The predicted octanol–water partition coefficient (Wildman–Crippen LogP) is 0.0683. The van der Waals surface area contributed by atoms with Gasteiger partial charge in [0, 0.05) is 19.5 Å². The smallest absolute Gasteiger partial charge is 0.201 e. The maximum absolute atomic E-state index is 5.33. The molecule has 2 heterocycles. The second-order valence-corrected chi connectivity index (χ2v) is 2.26. The number of hydrazine groups is 1. The Balaban J connectivity index is 2.09. The number of nitrogens with one attached hydrogen (secondary N) is 1. The summed E-state index contributed by atoms with van der Waals surface area (Å²) in [4.78, 5) is 0. The summed E-state index contributed by atoms with van der Waals surface area (Å²) in [5.41, 5.74) is 3.17. The highest BCUT2D eigenvalue weighted by Gasteiger charge is 2.18. The fraction of sp³-hybridized carbons (Fsp3) is 0.667. The summed E-state index contributed by atoms with van der Waals surface area (Å²) in [5.74, 6) is 1.02. The van der Waals surface area contributed by atoms with Crippen molar-refractivity contribution in [1.29, 1.82) is 0 Å². The minimum Gasteiger partial charge on any atom is -0.478 e. The molecule has 0 saturated carbocycles. The summed E-state index contributed by atoms with van der Waals surface area (Å²) < 4.78 is 5.33. The summed E-state index contributed by atoms with van der Waals surface area (Å²) in [6.45, 7) is 2.89. The first-order valence-electron chi connectivity index (χ1n) is 3.31. The highest BCUT2D eigenvalue weighted by atomic mass is 16.5. The van der Waals surface area contributed by atoms with E-state index in [2.05, 4.69) is 16.5 Å². The molecule has 9 heavy (non-hydrogen) atoms. The molecule has 0 atom stereocenters. The summed E-state index contributed by atoms with van der Waals surface area (Å²) >= 11 is 0. The lowest BCUT2D eigenvalue weighted by Crippen LogP contribution is -2.37. The molecular formula is C6H10N2O. The van der Waals surface area contributed by atoms with E-state index in [0.717, 1.165) is 32.0 Å². The van der Waals surface area contributed by atoms with Gasteiger partial charge in [-0.3, -0.25) is 5.01 Å². The van der Waals surface area contributed by atoms with Crippen molar-refractivity contribution in [3.8, 4) is 0 Å². The largest absolute Gasteiger partial charge is 0.478 e. The molecule has 2 aliphatic heterocycles. The normalized spacial score (nSPS) is 24.9. The Labute approximate surface area is 54.3 Å². The number of hydrogen-bond donors (Lipinski definition) is 1. The predicted molar refractivity (Wildman–Crippen MR) is 33.4 cm³/mol. The van der Waals surface area contributed by atoms with Crippen LogP contribution in [0.3, 0.4) is 0 Å². The van der Waals surface area contributed by atoms with Gasteiger partial charge in [0.05, 0.1) is 6.61 Å². The molecule has 2 aliphatic rings. The summed E-state index contributed by atoms with van der Waals surface area (Å²) in [6.07, 6.45) is 3.20. The molecule has 3 heteroatoms. The van der Waals surface area contributed by atoms with Crippen molar-refractivity contribution < 1.29 is 4.74 Å². The molecule has 0 amide bonds. The standard InChI is InChI=1S/C6H10N2O/c1-4-8-6(9-5-1)2-3-7-8/h2,7H,1,3-5H2. The van der Waals surface area contributed by atoms with Gasteiger partial charge < -0.3 is 4.74 Å². The number of fused-ring (bicyclic) bond motifs is 1. The second-order valence-electron chi connectivity index (χ2n) is 2.26. The van der Waals surface area contributed by atoms with Crippen LogP contribution in [0.4, 0.5) is 0 Å². The number of hydrogen-bond acceptors (Lipinski definition) is 3. The van der Waals surface area contributed by atoms with Crippen LogP contribution in [0.1, 0.15) is 6.42 Å². The van der Waals surface area contributed by atoms with Gasteiger partial charge in [0.15, 0.2) is 0 Å². The second kappa shape index (κ2) is 1.92. The molecule has 0 spiro atoms. The molecule has 50 valence electrons. The van der Waals surface area contributed by atoms with Crippen LogP contribution in [-0.4, -0.2) is 24.7 Å². The Kier molecular flexibility index (Phi) is 1.09. The Bertz CT molecular complexity index is 144. The average molecular weight is 126 g/mol. The number of nitrogens with zero attached hydrogens (tertiary/aromatic N) is 1. The molecule has 0 aromatic rings. The van der Waals surface area contributed by atoms with Crippen LogP contribution in [0.2, 0.25) is 0 Å². The Hall–Kier alpha value is -0.700. The quantitative estimate of drug-likeness (QED) is 0.497. The van der Waals surface area contributed by atoms with Crippen LogP contribution >= 0.6 is 0 Å². The molecule has 1 saturated heterocycles. The monoisotopic (exact) mass is 126 g/mol. The lowest BCUT2D eigenvalue weighted by atomic mass is 10.4. The van der Waals surface area contributed by atoms with Crippen molar-refractivity contribution in [3.63, 3.8) is 0 Å². The van der Waals surface area contributed by atoms with Crippen LogP contribution in [0, 0.1) is 0 Å². The van der Waals surface area contributed by atoms with Crippen molar-refractivity contribution in [1.82, 2.24) is 10.4 Å². The highest BCUT2D eigenvalue weighted by Crippen LogP contribution is 2.13. The molecule has 1 N–H and O–H groups in total. The SMILES string of the molecule is C1=C2OCCCN2NC1. The van der Waals surface area contributed by atoms with E-state index in [-0.39, 0.29) is 0 Å². The summed E-state index contributed by atoms with van der Waals surface area (Å²) in [6, 6.07) is 0. The van der Waals surface area contributed by atoms with Gasteiger partial charge in [-0.15, -0.1) is 0 Å². The van der Waals surface area contributed by atoms with E-state index in [1.807, 2.05) is 0 Å². The van der Waals surface area contributed by atoms with E-state index in [4.69, 9.17) is 4.74 Å². The molecule has 0 unspecified atom stereocenters. The van der Waals surface area contributed by atoms with Crippen molar-refractivity contribution in [2.75, 3.05) is 19.7 Å². The zero-order valence-electron chi connectivity index (χ0n) is 5.26. The molecular weight excluding hydrogens is 116 g/mol. The minimum atomic E-state index is 0.879. The Morgan fingerprint density at radius 2 is 2.67 bits per heavy atom. The van der Waals surface area contributed by atoms with E-state index >= 15 is 0 Å². The van der Waals surface area contributed by atoms with Crippen molar-refractivity contribution in [2.24, 2.45) is 0 Å². The van der Waals surface area contributed by atoms with Gasteiger partial charge in [0.25, 0.3) is 0 Å². The van der Waals surface area contributed by atoms with Gasteiger partial charge in [-0.25, -0.2) is 5.43 Å². The topological polar surface area (TPSA) is 24.5 Å². The van der Waals surface area contributed by atoms with E-state index in [1.165, 1.54) is 0 Å². The van der Waals surface area contributed by atoms with Crippen LogP contribution < -0.4 is 5.43 Å². The first-order valence-corrected chi connectivity index (χ1v) is 3.31. The molecule has 1 fully saturated rings. The lowest BCUT2D eigenvalue weighted by Gasteiger charge is -2.26. The van der Waals surface area contributed by atoms with E-state index in [9.17, 15) is 0 Å². The first kappa shape index (κ1) is 5.11. The van der Waals surface area contributed by atoms with Gasteiger partial charge in [-0.1, -0.05) is 0 Å². The van der Waals surface area contributed by atoms with Crippen molar-refractivity contribution in [2.45, 2.75) is 6.42 Å². The van der Waals surface area contributed by atoms with Crippen molar-refractivity contribution >= 4 is 0 Å². The van der Waals surface area contributed by atoms with Crippen LogP contribution in [-0.2, 0) is 4.74 Å². The third kappa shape index (κ3) is 0.772. The van der Waals surface area contributed by atoms with Crippen molar-refractivity contribution in [3.05, 3.63) is 12.0 Å². The van der Waals surface area contributed by atoms with Crippen LogP contribution in [0.5, 0.6) is 0 Å². The van der Waals surface area contributed by atoms with Gasteiger partial charge in [0.1, 0.15) is 0 Å². The third-order valence-electron chi connectivity index (χ3n) is 1.60. The Morgan fingerprint density at radius 1 is 1.67 bits per heavy atom. The molecule has 2 rings (SSSR count). The zero-order valence-corrected chi connectivity index (χ0v) is 5.26. The molecule has 0 aromatic carbocycles. The maximum Gasteiger partial charge on any atom is 0.201 e. The van der Waals surface area contributed by atoms with Gasteiger partial charge in [-0.2, -0.15) is 0 Å². The minimum absolute atomic E-state index is 0.879. The first-order chi connectivity index (χ1) is 4.47. The average Bonchev–Trinajstić information content (AvgIpc) is 2.33. The van der Waals surface area contributed by atoms with Gasteiger partial charge in [-0.05, 0) is 6.08 Å². The fourth-order valence-corrected chi connectivity index (χ4v) is 1.16. The third-order valence-corrected chi connectivity index (χ3v) is 1.60. The van der Waals surface area contributed by atoms with E-state index in [1.54, 1.807) is 0 Å². The van der Waals surface area contributed by atoms with E-state index < -0.39 is 0 Å². The molecule has 0 aliphatic carbocycles. The number of rotatable bonds is 0. The fourth-order valence-electron chi connectivity index (χ4n) is 1.16. The van der Waals surface area contributed by atoms with Gasteiger partial charge in [0.2, 0.25) is 5.88 Å². The highest BCUT2D eigenvalue weighted by molar-refractivity contribution is 5.00. The lowest BCUT2D eigenvalue weighted by molar-refractivity contribution is 0.0508. The molecule has 0 aromatic heterocycles. The maximum atomic E-state index is 5.33. The molecule has 0 radical (unpaired) electrons. The Morgan fingerprint density at radius 3 is 3.56 bits per heavy atom. The molecule has 0 bridgehead atoms. The summed E-state index contributed by atoms with van der Waals surface area (Å²) in [5, 5.41) is 2.06. The van der Waals surface area contributed by atoms with Crippen LogP contribution in [0.25, 0.3) is 0 Å². The van der Waals surface area contributed by atoms with Crippen LogP contribution in [0.15, 0.2) is 12.0 Å².